The standard InChI is InChI=1S/C20H15NO2/c22-20(23)18-15-8-4-5-9-17(15)21-19-14(10-11-16(18)19)12-13-6-2-1-3-7-13/h1-9,12H,10-11H2,(H,22,23). The summed E-state index contributed by atoms with van der Waals surface area (Å²) < 4.78 is 0. The minimum atomic E-state index is -0.874. The van der Waals surface area contributed by atoms with Gasteiger partial charge in [-0.1, -0.05) is 48.5 Å². The summed E-state index contributed by atoms with van der Waals surface area (Å²) in [6.07, 6.45) is 3.67. The number of carboxylic acids is 1. The van der Waals surface area contributed by atoms with Crippen LogP contribution in [0.5, 0.6) is 0 Å². The third-order valence-electron chi connectivity index (χ3n) is 4.30. The number of hydrogen-bond donors (Lipinski definition) is 1. The van der Waals surface area contributed by atoms with Crippen molar-refractivity contribution in [3.8, 4) is 0 Å². The van der Waals surface area contributed by atoms with Crippen molar-refractivity contribution in [2.24, 2.45) is 0 Å². The maximum atomic E-state index is 11.8. The van der Waals surface area contributed by atoms with Crippen molar-refractivity contribution >= 4 is 28.5 Å². The van der Waals surface area contributed by atoms with E-state index < -0.39 is 5.97 Å². The molecule has 1 aliphatic rings. The molecule has 0 bridgehead atoms. The Kier molecular flexibility index (Phi) is 3.19. The van der Waals surface area contributed by atoms with Gasteiger partial charge in [-0.05, 0) is 41.7 Å². The molecule has 0 amide bonds. The molecule has 3 heteroatoms. The zero-order valence-corrected chi connectivity index (χ0v) is 12.5. The van der Waals surface area contributed by atoms with Crippen molar-refractivity contribution in [3.05, 3.63) is 77.0 Å². The number of benzene rings is 2. The van der Waals surface area contributed by atoms with Crippen LogP contribution < -0.4 is 0 Å². The second kappa shape index (κ2) is 5.36. The Morgan fingerprint density at radius 3 is 2.52 bits per heavy atom. The maximum absolute atomic E-state index is 11.8. The van der Waals surface area contributed by atoms with Crippen LogP contribution in [-0.2, 0) is 6.42 Å². The SMILES string of the molecule is O=C(O)c1c2c(nc3ccccc13)C(=Cc1ccccc1)CC2. The Morgan fingerprint density at radius 2 is 1.74 bits per heavy atom. The van der Waals surface area contributed by atoms with Crippen molar-refractivity contribution in [3.63, 3.8) is 0 Å². The van der Waals surface area contributed by atoms with Crippen LogP contribution in [0.15, 0.2) is 54.6 Å². The quantitative estimate of drug-likeness (QED) is 0.762. The Bertz CT molecular complexity index is 943. The molecule has 0 saturated heterocycles. The van der Waals surface area contributed by atoms with Crippen molar-refractivity contribution in [2.75, 3.05) is 0 Å². The van der Waals surface area contributed by atoms with Crippen molar-refractivity contribution < 1.29 is 9.90 Å². The van der Waals surface area contributed by atoms with Crippen molar-refractivity contribution in [2.45, 2.75) is 12.8 Å². The van der Waals surface area contributed by atoms with E-state index in [0.29, 0.717) is 5.56 Å². The lowest BCUT2D eigenvalue weighted by Gasteiger charge is -2.09. The maximum Gasteiger partial charge on any atom is 0.336 e. The lowest BCUT2D eigenvalue weighted by molar-refractivity contribution is 0.0698. The average Bonchev–Trinajstić information content (AvgIpc) is 2.95. The first-order valence-electron chi connectivity index (χ1n) is 7.65. The summed E-state index contributed by atoms with van der Waals surface area (Å²) >= 11 is 0. The summed E-state index contributed by atoms with van der Waals surface area (Å²) in [5, 5.41) is 10.4. The van der Waals surface area contributed by atoms with Gasteiger partial charge in [0.25, 0.3) is 0 Å². The first kappa shape index (κ1) is 13.7. The number of carboxylic acid groups (broad SMARTS) is 1. The molecular formula is C20H15NO2. The smallest absolute Gasteiger partial charge is 0.336 e. The summed E-state index contributed by atoms with van der Waals surface area (Å²) in [6, 6.07) is 17.5. The Balaban J connectivity index is 1.96. The topological polar surface area (TPSA) is 50.2 Å². The lowest BCUT2D eigenvalue weighted by Crippen LogP contribution is -2.05. The summed E-state index contributed by atoms with van der Waals surface area (Å²) in [5.74, 6) is -0.874. The van der Waals surface area contributed by atoms with Gasteiger partial charge < -0.3 is 5.11 Å². The minimum Gasteiger partial charge on any atom is -0.478 e. The molecule has 1 N–H and O–H groups in total. The molecule has 1 aliphatic carbocycles. The highest BCUT2D eigenvalue weighted by molar-refractivity contribution is 6.06. The molecular weight excluding hydrogens is 286 g/mol. The molecule has 0 aliphatic heterocycles. The first-order valence-corrected chi connectivity index (χ1v) is 7.65. The van der Waals surface area contributed by atoms with Gasteiger partial charge in [0.1, 0.15) is 0 Å². The molecule has 112 valence electrons. The highest BCUT2D eigenvalue weighted by Gasteiger charge is 2.26. The largest absolute Gasteiger partial charge is 0.478 e. The fourth-order valence-corrected chi connectivity index (χ4v) is 3.27. The molecule has 0 atom stereocenters. The Morgan fingerprint density at radius 1 is 1.00 bits per heavy atom. The van der Waals surface area contributed by atoms with Gasteiger partial charge >= 0.3 is 5.97 Å². The summed E-state index contributed by atoms with van der Waals surface area (Å²) in [4.78, 5) is 16.5. The fourth-order valence-electron chi connectivity index (χ4n) is 3.27. The van der Waals surface area contributed by atoms with E-state index in [1.807, 2.05) is 54.6 Å². The zero-order chi connectivity index (χ0) is 15.8. The van der Waals surface area contributed by atoms with E-state index in [1.165, 1.54) is 0 Å². The van der Waals surface area contributed by atoms with Crippen LogP contribution in [0.2, 0.25) is 0 Å². The molecule has 1 aromatic heterocycles. The van der Waals surface area contributed by atoms with Gasteiger partial charge in [-0.15, -0.1) is 0 Å². The third-order valence-corrected chi connectivity index (χ3v) is 4.30. The molecule has 0 spiro atoms. The number of rotatable bonds is 2. The van der Waals surface area contributed by atoms with Gasteiger partial charge in [0.15, 0.2) is 0 Å². The van der Waals surface area contributed by atoms with E-state index in [4.69, 9.17) is 4.98 Å². The van der Waals surface area contributed by atoms with Crippen molar-refractivity contribution in [1.29, 1.82) is 0 Å². The minimum absolute atomic E-state index is 0.405. The van der Waals surface area contributed by atoms with Gasteiger partial charge in [-0.2, -0.15) is 0 Å². The summed E-state index contributed by atoms with van der Waals surface area (Å²) in [5.41, 5.74) is 5.07. The average molecular weight is 301 g/mol. The number of aromatic carboxylic acids is 1. The molecule has 23 heavy (non-hydrogen) atoms. The fraction of sp³-hybridized carbons (Fsp3) is 0.100. The predicted octanol–water partition coefficient (Wildman–Crippen LogP) is 4.42. The first-order chi connectivity index (χ1) is 11.2. The van der Waals surface area contributed by atoms with E-state index in [2.05, 4.69) is 6.08 Å². The van der Waals surface area contributed by atoms with Gasteiger partial charge in [0.2, 0.25) is 0 Å². The number of carbonyl (C=O) groups is 1. The molecule has 0 radical (unpaired) electrons. The monoisotopic (exact) mass is 301 g/mol. The number of pyridine rings is 1. The van der Waals surface area contributed by atoms with Crippen LogP contribution in [-0.4, -0.2) is 16.1 Å². The second-order valence-corrected chi connectivity index (χ2v) is 5.72. The van der Waals surface area contributed by atoms with E-state index in [9.17, 15) is 9.90 Å². The second-order valence-electron chi connectivity index (χ2n) is 5.72. The van der Waals surface area contributed by atoms with Crippen LogP contribution in [0.3, 0.4) is 0 Å². The van der Waals surface area contributed by atoms with Gasteiger partial charge in [0.05, 0.1) is 16.8 Å². The molecule has 3 aromatic rings. The van der Waals surface area contributed by atoms with E-state index in [1.54, 1.807) is 0 Å². The van der Waals surface area contributed by atoms with Crippen LogP contribution in [0, 0.1) is 0 Å². The predicted molar refractivity (Wildman–Crippen MR) is 91.3 cm³/mol. The molecule has 3 nitrogen and oxygen atoms in total. The van der Waals surface area contributed by atoms with Gasteiger partial charge in [-0.3, -0.25) is 0 Å². The highest BCUT2D eigenvalue weighted by Crippen LogP contribution is 2.37. The summed E-state index contributed by atoms with van der Waals surface area (Å²) in [7, 11) is 0. The van der Waals surface area contributed by atoms with Crippen LogP contribution in [0.1, 0.15) is 33.6 Å². The number of aromatic nitrogens is 1. The highest BCUT2D eigenvalue weighted by atomic mass is 16.4. The number of nitrogens with zero attached hydrogens (tertiary/aromatic N) is 1. The number of hydrogen-bond acceptors (Lipinski definition) is 2. The number of allylic oxidation sites excluding steroid dienone is 1. The van der Waals surface area contributed by atoms with Crippen LogP contribution in [0.4, 0.5) is 0 Å². The van der Waals surface area contributed by atoms with Crippen molar-refractivity contribution in [1.82, 2.24) is 4.98 Å². The lowest BCUT2D eigenvalue weighted by atomic mass is 10.0. The Labute approximate surface area is 133 Å². The molecule has 1 heterocycles. The number of para-hydroxylation sites is 1. The van der Waals surface area contributed by atoms with Gasteiger partial charge in [0, 0.05) is 5.39 Å². The molecule has 2 aromatic carbocycles. The molecule has 4 rings (SSSR count). The van der Waals surface area contributed by atoms with E-state index in [-0.39, 0.29) is 0 Å². The summed E-state index contributed by atoms with van der Waals surface area (Å²) in [6.45, 7) is 0. The van der Waals surface area contributed by atoms with Crippen LogP contribution in [0.25, 0.3) is 22.6 Å². The van der Waals surface area contributed by atoms with E-state index in [0.717, 1.165) is 46.1 Å². The molecule has 0 unspecified atom stereocenters. The third kappa shape index (κ3) is 2.30. The number of fused-ring (bicyclic) bond motifs is 2. The van der Waals surface area contributed by atoms with Gasteiger partial charge in [-0.25, -0.2) is 9.78 Å². The zero-order valence-electron chi connectivity index (χ0n) is 12.5. The Hall–Kier alpha value is -2.94. The molecule has 0 saturated carbocycles. The van der Waals surface area contributed by atoms with Crippen LogP contribution >= 0.6 is 0 Å². The molecule has 0 fully saturated rings. The van der Waals surface area contributed by atoms with E-state index >= 15 is 0 Å². The normalized spacial score (nSPS) is 15.0.